The van der Waals surface area contributed by atoms with E-state index < -0.39 is 36.4 Å². The topological polar surface area (TPSA) is 140 Å². The van der Waals surface area contributed by atoms with E-state index in [0.29, 0.717) is 49.2 Å². The van der Waals surface area contributed by atoms with Crippen LogP contribution in [0.1, 0.15) is 95.5 Å². The minimum Gasteiger partial charge on any atom is -0.463 e. The minimum absolute atomic E-state index is 0.0200. The van der Waals surface area contributed by atoms with Gasteiger partial charge in [0.2, 0.25) is 23.3 Å². The summed E-state index contributed by atoms with van der Waals surface area (Å²) in [5.41, 5.74) is 0.0225. The zero-order valence-electron chi connectivity index (χ0n) is 27.3. The smallest absolute Gasteiger partial charge is 0.407 e. The number of anilines is 1. The highest BCUT2D eigenvalue weighted by atomic mass is 19.1. The lowest BCUT2D eigenvalue weighted by Crippen LogP contribution is -2.50. The van der Waals surface area contributed by atoms with Gasteiger partial charge < -0.3 is 29.4 Å². The number of amides is 3. The number of fused-ring (bicyclic) bond motifs is 1. The summed E-state index contributed by atoms with van der Waals surface area (Å²) in [5, 5.41) is 6.23. The number of methoxy groups -OCH3 is 1. The molecule has 0 radical (unpaired) electrons. The maximum Gasteiger partial charge on any atom is 0.407 e. The molecule has 3 amide bonds. The summed E-state index contributed by atoms with van der Waals surface area (Å²) in [7, 11) is 1.27. The summed E-state index contributed by atoms with van der Waals surface area (Å²) in [6.45, 7) is 5.09. The van der Waals surface area contributed by atoms with Crippen LogP contribution in [0.5, 0.6) is 0 Å². The van der Waals surface area contributed by atoms with Crippen molar-refractivity contribution in [3.8, 4) is 0 Å². The molecule has 252 valence electrons. The fourth-order valence-electron chi connectivity index (χ4n) is 7.62. The number of nitrogens with one attached hydrogen (secondary N) is 2. The number of pyridine rings is 1. The molecule has 0 spiro atoms. The van der Waals surface area contributed by atoms with Gasteiger partial charge in [-0.1, -0.05) is 32.1 Å². The first kappa shape index (κ1) is 33.7. The largest absolute Gasteiger partial charge is 0.463 e. The number of esters is 1. The number of carbonyl (C=O) groups excluding carboxylic acids is 4. The molecule has 5 rings (SSSR count). The highest BCUT2D eigenvalue weighted by Gasteiger charge is 2.47. The molecule has 46 heavy (non-hydrogen) atoms. The van der Waals surface area contributed by atoms with E-state index in [1.165, 1.54) is 25.8 Å². The van der Waals surface area contributed by atoms with Crippen LogP contribution in [-0.4, -0.2) is 71.8 Å². The van der Waals surface area contributed by atoms with Crippen molar-refractivity contribution in [2.45, 2.75) is 103 Å². The molecule has 2 aromatic rings. The lowest BCUT2D eigenvalue weighted by molar-refractivity contribution is -0.142. The molecule has 3 fully saturated rings. The maximum absolute atomic E-state index is 14.1. The second-order valence-corrected chi connectivity index (χ2v) is 14.1. The average molecular weight is 643 g/mol. The molecule has 2 aliphatic carbocycles. The van der Waals surface area contributed by atoms with Crippen molar-refractivity contribution >= 4 is 40.7 Å². The summed E-state index contributed by atoms with van der Waals surface area (Å²) in [5.74, 6) is -0.796. The number of alkyl carbamates (subject to hydrolysis) is 1. The van der Waals surface area contributed by atoms with E-state index in [0.717, 1.165) is 32.1 Å². The number of ether oxygens (including phenoxy) is 2. The van der Waals surface area contributed by atoms with Crippen molar-refractivity contribution in [2.75, 3.05) is 25.6 Å². The average Bonchev–Trinajstić information content (AvgIpc) is 3.67. The number of halogens is 1. The number of hydrogen-bond acceptors (Lipinski definition) is 8. The quantitative estimate of drug-likeness (QED) is 0.333. The van der Waals surface area contributed by atoms with Gasteiger partial charge in [-0.2, -0.15) is 0 Å². The molecule has 0 aromatic carbocycles. The van der Waals surface area contributed by atoms with Gasteiger partial charge in [0.05, 0.1) is 25.0 Å². The minimum atomic E-state index is -0.705. The molecule has 2 N–H and O–H groups in total. The summed E-state index contributed by atoms with van der Waals surface area (Å²) in [4.78, 5) is 58.3. The molecule has 1 aliphatic heterocycles. The fourth-order valence-corrected chi connectivity index (χ4v) is 7.62. The zero-order valence-corrected chi connectivity index (χ0v) is 27.3. The van der Waals surface area contributed by atoms with E-state index in [4.69, 9.17) is 13.9 Å². The molecule has 3 atom stereocenters. The van der Waals surface area contributed by atoms with Crippen LogP contribution in [0.3, 0.4) is 0 Å². The first-order valence-electron chi connectivity index (χ1n) is 16.6. The number of likely N-dealkylation sites (tertiary alicyclic amines) is 1. The van der Waals surface area contributed by atoms with Crippen molar-refractivity contribution in [1.82, 2.24) is 15.2 Å². The summed E-state index contributed by atoms with van der Waals surface area (Å²) >= 11 is 0. The molecule has 12 heteroatoms. The molecule has 1 saturated heterocycles. The Hall–Kier alpha value is -3.70. The van der Waals surface area contributed by atoms with Crippen molar-refractivity contribution in [2.24, 2.45) is 23.7 Å². The van der Waals surface area contributed by atoms with E-state index in [1.54, 1.807) is 31.7 Å². The van der Waals surface area contributed by atoms with E-state index in [9.17, 15) is 23.6 Å². The number of furan rings is 1. The number of aromatic nitrogens is 1. The fraction of sp³-hybridized carbons (Fsp3) is 0.676. The monoisotopic (exact) mass is 642 g/mol. The first-order chi connectivity index (χ1) is 22.0. The lowest BCUT2D eigenvalue weighted by atomic mass is 9.76. The molecule has 0 unspecified atom stereocenters. The summed E-state index contributed by atoms with van der Waals surface area (Å²) < 4.78 is 29.5. The van der Waals surface area contributed by atoms with Crippen LogP contribution in [0.15, 0.2) is 22.7 Å². The van der Waals surface area contributed by atoms with Crippen LogP contribution < -0.4 is 10.6 Å². The molecule has 2 aromatic heterocycles. The standard InChI is InChI=1S/C34H47FN4O7/c1-34(2,3)46-33(43)38-26(18-35)21-10-12-22(13-11-21)31(41)39-15-14-25(20-8-6-5-7-9-20)28(39)29(40)37-24-16-23-17-27(32(42)44-4)45-30(23)36-19-24/h16-17,19-22,25-26,28H,5-15,18H2,1-4H3,(H,37,40)(H,38,43)/t21?,22?,25-,26+,28-/m0/s1. The predicted molar refractivity (Wildman–Crippen MR) is 169 cm³/mol. The Kier molecular flexibility index (Phi) is 10.5. The lowest BCUT2D eigenvalue weighted by Gasteiger charge is -2.37. The summed E-state index contributed by atoms with van der Waals surface area (Å²) in [6, 6.07) is 1.94. The molecule has 3 aliphatic rings. The van der Waals surface area contributed by atoms with Crippen LogP contribution in [-0.2, 0) is 19.1 Å². The highest BCUT2D eigenvalue weighted by molar-refractivity contribution is 5.99. The first-order valence-corrected chi connectivity index (χ1v) is 16.6. The van der Waals surface area contributed by atoms with E-state index in [2.05, 4.69) is 15.6 Å². The Morgan fingerprint density at radius 2 is 1.76 bits per heavy atom. The van der Waals surface area contributed by atoms with Gasteiger partial charge in [-0.3, -0.25) is 9.59 Å². The van der Waals surface area contributed by atoms with Gasteiger partial charge >= 0.3 is 12.1 Å². The Balaban J connectivity index is 1.27. The van der Waals surface area contributed by atoms with E-state index in [-0.39, 0.29) is 41.0 Å². The number of carbonyl (C=O) groups is 4. The predicted octanol–water partition coefficient (Wildman–Crippen LogP) is 6.02. The van der Waals surface area contributed by atoms with Crippen molar-refractivity contribution in [3.63, 3.8) is 0 Å². The Morgan fingerprint density at radius 1 is 1.04 bits per heavy atom. The van der Waals surface area contributed by atoms with Crippen LogP contribution >= 0.6 is 0 Å². The van der Waals surface area contributed by atoms with Crippen molar-refractivity contribution < 1.29 is 37.5 Å². The zero-order chi connectivity index (χ0) is 33.0. The van der Waals surface area contributed by atoms with E-state index in [1.807, 2.05) is 0 Å². The highest BCUT2D eigenvalue weighted by Crippen LogP contribution is 2.41. The number of hydrogen-bond donors (Lipinski definition) is 2. The third-order valence-electron chi connectivity index (χ3n) is 9.84. The van der Waals surface area contributed by atoms with Gasteiger partial charge in [0.1, 0.15) is 18.3 Å². The SMILES string of the molecule is COC(=O)c1cc2cc(NC(=O)[C@@H]3[C@H](C4CCCCC4)CCN3C(=O)C3CCC([C@@H](CF)NC(=O)OC(C)(C)C)CC3)cnc2o1. The van der Waals surface area contributed by atoms with Gasteiger partial charge in [0.15, 0.2) is 0 Å². The number of rotatable bonds is 8. The normalized spacial score (nSPS) is 24.8. The van der Waals surface area contributed by atoms with Crippen molar-refractivity contribution in [3.05, 3.63) is 24.1 Å². The molecular weight excluding hydrogens is 595 g/mol. The van der Waals surface area contributed by atoms with Crippen LogP contribution in [0.2, 0.25) is 0 Å². The Bertz CT molecular complexity index is 1410. The van der Waals surface area contributed by atoms with Crippen molar-refractivity contribution in [1.29, 1.82) is 0 Å². The second-order valence-electron chi connectivity index (χ2n) is 14.1. The van der Waals surface area contributed by atoms with Gasteiger partial charge in [-0.05, 0) is 76.7 Å². The molecule has 3 heterocycles. The summed E-state index contributed by atoms with van der Waals surface area (Å²) in [6.07, 6.45) is 9.50. The van der Waals surface area contributed by atoms with Gasteiger partial charge in [-0.15, -0.1) is 0 Å². The third kappa shape index (κ3) is 7.81. The molecule has 11 nitrogen and oxygen atoms in total. The molecule has 2 saturated carbocycles. The number of nitrogens with zero attached hydrogens (tertiary/aromatic N) is 2. The van der Waals surface area contributed by atoms with Crippen LogP contribution in [0.4, 0.5) is 14.9 Å². The van der Waals surface area contributed by atoms with Gasteiger partial charge in [-0.25, -0.2) is 19.0 Å². The molecule has 0 bridgehead atoms. The third-order valence-corrected chi connectivity index (χ3v) is 9.84. The second kappa shape index (κ2) is 14.4. The van der Waals surface area contributed by atoms with Crippen LogP contribution in [0, 0.1) is 23.7 Å². The maximum atomic E-state index is 14.1. The van der Waals surface area contributed by atoms with Crippen LogP contribution in [0.25, 0.3) is 11.1 Å². The van der Waals surface area contributed by atoms with E-state index >= 15 is 0 Å². The molecular formula is C34H47FN4O7. The van der Waals surface area contributed by atoms with Gasteiger partial charge in [0.25, 0.3) is 0 Å². The Labute approximate surface area is 269 Å². The Morgan fingerprint density at radius 3 is 2.41 bits per heavy atom. The number of alkyl halides is 1. The van der Waals surface area contributed by atoms with Gasteiger partial charge in [0, 0.05) is 23.9 Å².